The van der Waals surface area contributed by atoms with E-state index in [0.29, 0.717) is 104 Å². The number of halogens is 6. The van der Waals surface area contributed by atoms with E-state index in [4.69, 9.17) is 61.6 Å². The Kier molecular flexibility index (Phi) is 45.7. The van der Waals surface area contributed by atoms with Crippen molar-refractivity contribution in [3.63, 3.8) is 0 Å². The largest absolute Gasteiger partial charge is 0.497 e. The Hall–Kier alpha value is -13.3. The molecule has 6 aromatic heterocycles. The van der Waals surface area contributed by atoms with Crippen molar-refractivity contribution < 1.29 is 87.9 Å². The van der Waals surface area contributed by atoms with Crippen LogP contribution in [0.5, 0.6) is 69.8 Å². The van der Waals surface area contributed by atoms with Crippen LogP contribution in [0.3, 0.4) is 0 Å². The van der Waals surface area contributed by atoms with Crippen molar-refractivity contribution in [1.29, 1.82) is 0 Å². The number of rotatable bonds is 37. The van der Waals surface area contributed by atoms with Crippen LogP contribution in [0.2, 0.25) is 0 Å². The molecule has 6 saturated heterocycles. The van der Waals surface area contributed by atoms with Gasteiger partial charge in [0.1, 0.15) is 63.0 Å². The highest BCUT2D eigenvalue weighted by molar-refractivity contribution is 5.37. The van der Waals surface area contributed by atoms with Crippen LogP contribution >= 0.6 is 0 Å². The van der Waals surface area contributed by atoms with E-state index in [0.717, 1.165) is 271 Å². The predicted octanol–water partition coefficient (Wildman–Crippen LogP) is 18.6. The SMILES string of the molecule is COc1cccc(OCC2CCN(Cc3nccnc3OC)CC2)c1.COc1nccnc1CN1CCC(COc2cc(F)ccc2F)CC1.COc1nccnc1CN1CCC(COc2cccc(C)c2)CC1.COc1nccnc1CN1CCC(COc2ccccc2C(F)(F)F)CC1.COc1nccnc1CN1CCC(COc2ccccc2F)CC1.COc1nccnc1CN1CCC(OCc2ccccc2C)CC1. The molecule has 0 spiro atoms. The number of para-hydroxylation sites is 2. The Labute approximate surface area is 870 Å². The standard InChI is InChI=1S/C19H22F3N3O2.C19H25N3O3.2C19H25N3O2.C18H21F2N3O2.C18H22FN3O2/c1-26-18-16(23-8-9-24-18)12-25-10-6-14(7-11-25)13-27-17-5-3-2-4-15(17)19(20,21)22;1-23-16-4-3-5-17(12-16)25-14-15-6-10-22(11-7-15)13-18-19(24-2)21-9-8-20-18;1-15-4-3-5-17(12-15)24-14-16-6-10-22(11-7-16)13-18-19(23-2)21-9-8-20-18;1-15-5-3-4-6-16(15)14-24-17-7-11-22(12-8-17)13-18-19(23-2)21-10-9-20-18;1-24-18-16(21-6-7-22-18)11-23-8-4-13(5-9-23)12-25-17-10-14(19)2-3-15(17)20;1-23-18-16(20-8-9-21-18)12-22-10-6-14(7-11-22)13-24-17-5-3-2-4-15(17)19/h2-5,8-9,14H,6-7,10-13H2,1H3;3-5,8-9,12,15H,6-7,10-11,13-14H2,1-2H3;3-5,8-9,12,16H,6-7,10-11,13-14H2,1-2H3;3-6,9-10,17H,7-8,11-14H2,1-2H3;2-3,6-7,10,13H,4-5,8-9,11-12H2,1H3;2-5,8-9,14H,6-7,10-13H2,1H3. The first-order valence-corrected chi connectivity index (χ1v) is 50.9. The number of benzene rings is 6. The predicted molar refractivity (Wildman–Crippen MR) is 552 cm³/mol. The average molecular weight is 2060 g/mol. The summed E-state index contributed by atoms with van der Waals surface area (Å²) < 4.78 is 151. The van der Waals surface area contributed by atoms with E-state index in [1.807, 2.05) is 36.4 Å². The third-order valence-corrected chi connectivity index (χ3v) is 27.0. The lowest BCUT2D eigenvalue weighted by molar-refractivity contribution is -0.139. The molecule has 6 aliphatic heterocycles. The van der Waals surface area contributed by atoms with Crippen molar-refractivity contribution in [2.45, 2.75) is 149 Å². The van der Waals surface area contributed by atoms with Gasteiger partial charge < -0.3 is 61.6 Å². The fourth-order valence-electron chi connectivity index (χ4n) is 18.3. The first-order chi connectivity index (χ1) is 72.7. The summed E-state index contributed by atoms with van der Waals surface area (Å²) in [4.78, 5) is 65.4. The summed E-state index contributed by atoms with van der Waals surface area (Å²) in [5.41, 5.74) is 8.27. The number of ether oxygens (including phenoxy) is 13. The van der Waals surface area contributed by atoms with Crippen LogP contribution < -0.4 is 56.8 Å². The summed E-state index contributed by atoms with van der Waals surface area (Å²) in [5, 5.41) is 0. The second kappa shape index (κ2) is 60.4. The Morgan fingerprint density at radius 1 is 0.282 bits per heavy atom. The minimum atomic E-state index is -4.41. The quantitative estimate of drug-likeness (QED) is 0.0327. The molecule has 6 aliphatic rings. The van der Waals surface area contributed by atoms with Crippen molar-refractivity contribution in [1.82, 2.24) is 89.2 Å². The Bertz CT molecular complexity index is 5820. The van der Waals surface area contributed by atoms with Crippen molar-refractivity contribution in [2.24, 2.45) is 29.6 Å². The van der Waals surface area contributed by atoms with Gasteiger partial charge in [0.05, 0.1) is 101 Å². The summed E-state index contributed by atoms with van der Waals surface area (Å²) in [6.07, 6.45) is 28.1. The molecule has 0 amide bonds. The van der Waals surface area contributed by atoms with Gasteiger partial charge >= 0.3 is 6.18 Å². The van der Waals surface area contributed by atoms with Crippen molar-refractivity contribution in [2.75, 3.05) is 161 Å². The first kappa shape index (κ1) is 113. The molecule has 0 bridgehead atoms. The van der Waals surface area contributed by atoms with Gasteiger partial charge in [-0.3, -0.25) is 59.3 Å². The van der Waals surface area contributed by atoms with Crippen LogP contribution in [0.1, 0.15) is 133 Å². The van der Waals surface area contributed by atoms with E-state index < -0.39 is 23.4 Å². The van der Waals surface area contributed by atoms with E-state index in [1.54, 1.807) is 148 Å². The minimum Gasteiger partial charge on any atom is -0.497 e. The van der Waals surface area contributed by atoms with Gasteiger partial charge in [-0.05, 0) is 263 Å². The van der Waals surface area contributed by atoms with Crippen LogP contribution in [0.4, 0.5) is 26.3 Å². The monoisotopic (exact) mass is 2060 g/mol. The second-order valence-electron chi connectivity index (χ2n) is 37.4. The maximum Gasteiger partial charge on any atom is 0.419 e. The molecule has 0 radical (unpaired) electrons. The maximum absolute atomic E-state index is 13.6. The van der Waals surface area contributed by atoms with Crippen LogP contribution in [0.15, 0.2) is 214 Å². The van der Waals surface area contributed by atoms with E-state index in [9.17, 15) is 26.3 Å². The fourth-order valence-corrected chi connectivity index (χ4v) is 18.3. The molecule has 6 aromatic carbocycles. The number of piperidine rings is 6. The van der Waals surface area contributed by atoms with E-state index in [-0.39, 0.29) is 29.8 Å². The Balaban J connectivity index is 0.000000149. The van der Waals surface area contributed by atoms with Gasteiger partial charge in [0, 0.05) is 139 Å². The van der Waals surface area contributed by atoms with Gasteiger partial charge in [-0.25, -0.2) is 43.1 Å². The molecule has 149 heavy (non-hydrogen) atoms. The van der Waals surface area contributed by atoms with Gasteiger partial charge in [-0.1, -0.05) is 66.7 Å². The smallest absolute Gasteiger partial charge is 0.419 e. The number of aryl methyl sites for hydroxylation is 2. The zero-order chi connectivity index (χ0) is 105. The lowest BCUT2D eigenvalue weighted by atomic mass is 9.97. The van der Waals surface area contributed by atoms with Crippen LogP contribution in [-0.4, -0.2) is 257 Å². The number of methoxy groups -OCH3 is 7. The minimum absolute atomic E-state index is 0.0216. The highest BCUT2D eigenvalue weighted by atomic mass is 19.4. The number of hydrogen-bond acceptors (Lipinski definition) is 31. The van der Waals surface area contributed by atoms with E-state index >= 15 is 0 Å². The summed E-state index contributed by atoms with van der Waals surface area (Å²) in [6.45, 7) is 23.7. The molecule has 0 N–H and O–H groups in total. The molecule has 0 aliphatic carbocycles. The first-order valence-electron chi connectivity index (χ1n) is 50.9. The zero-order valence-corrected chi connectivity index (χ0v) is 86.8. The molecule has 12 heterocycles. The molecule has 0 atom stereocenters. The summed E-state index contributed by atoms with van der Waals surface area (Å²) in [5.74, 6) is 7.26. The van der Waals surface area contributed by atoms with E-state index in [1.165, 1.54) is 34.9 Å². The molecular formula is C112H140F6N18O13. The van der Waals surface area contributed by atoms with Gasteiger partial charge in [-0.15, -0.1) is 0 Å². The summed E-state index contributed by atoms with van der Waals surface area (Å²) in [6, 6.07) is 39.6. The van der Waals surface area contributed by atoms with E-state index in [2.05, 4.69) is 139 Å². The average Bonchev–Trinajstić information content (AvgIpc) is 0.826. The van der Waals surface area contributed by atoms with Crippen LogP contribution in [0, 0.1) is 60.9 Å². The number of aromatic nitrogens is 12. The molecule has 798 valence electrons. The molecule has 0 unspecified atom stereocenters. The lowest BCUT2D eigenvalue weighted by Crippen LogP contribution is -2.36. The normalized spacial score (nSPS) is 16.1. The third kappa shape index (κ3) is 37.1. The molecule has 31 nitrogen and oxygen atoms in total. The van der Waals surface area contributed by atoms with Gasteiger partial charge in [-0.2, -0.15) is 13.2 Å². The molecule has 12 aromatic rings. The van der Waals surface area contributed by atoms with Crippen molar-refractivity contribution in [3.8, 4) is 69.8 Å². The molecule has 18 rings (SSSR count). The highest BCUT2D eigenvalue weighted by Gasteiger charge is 2.36. The number of nitrogens with zero attached hydrogens (tertiary/aromatic N) is 18. The molecule has 37 heteroatoms. The van der Waals surface area contributed by atoms with Gasteiger partial charge in [0.2, 0.25) is 35.3 Å². The summed E-state index contributed by atoms with van der Waals surface area (Å²) >= 11 is 0. The maximum atomic E-state index is 13.6. The number of likely N-dealkylation sites (tertiary alicyclic amines) is 6. The Morgan fingerprint density at radius 3 is 0.940 bits per heavy atom. The van der Waals surface area contributed by atoms with Crippen molar-refractivity contribution in [3.05, 3.63) is 288 Å². The lowest BCUT2D eigenvalue weighted by Gasteiger charge is -2.31. The Morgan fingerprint density at radius 2 is 0.584 bits per heavy atom. The fraction of sp³-hybridized carbons (Fsp3) is 0.464. The van der Waals surface area contributed by atoms with Gasteiger partial charge in [0.15, 0.2) is 23.1 Å². The molecule has 0 saturated carbocycles. The second-order valence-corrected chi connectivity index (χ2v) is 37.4. The molecule has 6 fully saturated rings. The topological polar surface area (TPSA) is 294 Å². The molecular weight excluding hydrogens is 1920 g/mol. The summed E-state index contributed by atoms with van der Waals surface area (Å²) in [7, 11) is 11.3. The third-order valence-electron chi connectivity index (χ3n) is 27.0. The van der Waals surface area contributed by atoms with Crippen LogP contribution in [0.25, 0.3) is 0 Å². The highest BCUT2D eigenvalue weighted by Crippen LogP contribution is 2.38. The van der Waals surface area contributed by atoms with Crippen LogP contribution in [-0.2, 0) is 56.8 Å². The zero-order valence-electron chi connectivity index (χ0n) is 86.8. The van der Waals surface area contributed by atoms with Gasteiger partial charge in [0.25, 0.3) is 0 Å². The van der Waals surface area contributed by atoms with Crippen molar-refractivity contribution >= 4 is 0 Å². The number of hydrogen-bond donors (Lipinski definition) is 0. The number of alkyl halides is 3.